The predicted octanol–water partition coefficient (Wildman–Crippen LogP) is 1.45. The van der Waals surface area contributed by atoms with E-state index in [0.29, 0.717) is 12.6 Å². The molecule has 1 unspecified atom stereocenters. The molecule has 2 aliphatic rings. The Labute approximate surface area is 132 Å². The summed E-state index contributed by atoms with van der Waals surface area (Å²) in [6, 6.07) is 10.5. The average Bonchev–Trinajstić information content (AvgIpc) is 3.32. The van der Waals surface area contributed by atoms with Crippen molar-refractivity contribution in [2.24, 2.45) is 4.99 Å². The summed E-state index contributed by atoms with van der Waals surface area (Å²) in [5.74, 6) is 1.55. The molecule has 2 aromatic rings. The zero-order valence-corrected chi connectivity index (χ0v) is 12.7. The summed E-state index contributed by atoms with van der Waals surface area (Å²) in [5.41, 5.74) is 3.98. The first-order valence-corrected chi connectivity index (χ1v) is 8.31. The maximum atomic E-state index is 5.68. The van der Waals surface area contributed by atoms with Gasteiger partial charge in [-0.3, -0.25) is 9.83 Å². The maximum absolute atomic E-state index is 5.68. The summed E-state index contributed by atoms with van der Waals surface area (Å²) in [4.78, 5) is 10.2. The highest BCUT2D eigenvalue weighted by atomic mass is 32.2. The van der Waals surface area contributed by atoms with Gasteiger partial charge in [0.1, 0.15) is 6.10 Å². The second kappa shape index (κ2) is 6.05. The van der Waals surface area contributed by atoms with Gasteiger partial charge < -0.3 is 0 Å². The second-order valence-electron chi connectivity index (χ2n) is 5.35. The van der Waals surface area contributed by atoms with E-state index in [1.54, 1.807) is 11.8 Å². The minimum atomic E-state index is 0.0156. The highest BCUT2D eigenvalue weighted by Gasteiger charge is 2.28. The molecule has 1 aliphatic heterocycles. The zero-order valence-electron chi connectivity index (χ0n) is 11.9. The minimum absolute atomic E-state index is 0.0156. The minimum Gasteiger partial charge on any atom is -0.269 e. The summed E-state index contributed by atoms with van der Waals surface area (Å²) in [7, 11) is 0. The van der Waals surface area contributed by atoms with Crippen LogP contribution in [-0.2, 0) is 4.84 Å². The first kappa shape index (κ1) is 13.7. The van der Waals surface area contributed by atoms with Gasteiger partial charge in [-0.15, -0.1) is 5.10 Å². The highest BCUT2D eigenvalue weighted by molar-refractivity contribution is 7.99. The van der Waals surface area contributed by atoms with E-state index in [2.05, 4.69) is 26.0 Å². The van der Waals surface area contributed by atoms with Crippen molar-refractivity contribution in [2.75, 3.05) is 12.3 Å². The SMILES string of the molecule is c1ccc(C2=NCC(CSc3nnnn3C3CC3)ON2)cc1. The van der Waals surface area contributed by atoms with Gasteiger partial charge in [-0.1, -0.05) is 42.1 Å². The number of amidine groups is 1. The van der Waals surface area contributed by atoms with Crippen LogP contribution in [0, 0.1) is 0 Å². The van der Waals surface area contributed by atoms with Crippen LogP contribution < -0.4 is 5.48 Å². The molecule has 1 aliphatic carbocycles. The number of tetrazole rings is 1. The quantitative estimate of drug-likeness (QED) is 0.841. The molecule has 1 saturated carbocycles. The number of nitrogens with zero attached hydrogens (tertiary/aromatic N) is 5. The monoisotopic (exact) mass is 316 g/mol. The Hall–Kier alpha value is -1.93. The summed E-state index contributed by atoms with van der Waals surface area (Å²) < 4.78 is 1.92. The van der Waals surface area contributed by atoms with Crippen molar-refractivity contribution in [3.8, 4) is 0 Å². The van der Waals surface area contributed by atoms with Gasteiger partial charge in [0.05, 0.1) is 12.6 Å². The fourth-order valence-corrected chi connectivity index (χ4v) is 3.15. The van der Waals surface area contributed by atoms with E-state index >= 15 is 0 Å². The van der Waals surface area contributed by atoms with Crippen LogP contribution in [0.3, 0.4) is 0 Å². The molecule has 8 heteroatoms. The predicted molar refractivity (Wildman–Crippen MR) is 82.7 cm³/mol. The lowest BCUT2D eigenvalue weighted by Crippen LogP contribution is -2.38. The number of hydroxylamine groups is 1. The van der Waals surface area contributed by atoms with Crippen LogP contribution in [0.5, 0.6) is 0 Å². The third kappa shape index (κ3) is 2.97. The number of nitrogens with one attached hydrogen (secondary N) is 1. The molecule has 22 heavy (non-hydrogen) atoms. The van der Waals surface area contributed by atoms with Crippen molar-refractivity contribution in [3.05, 3.63) is 35.9 Å². The van der Waals surface area contributed by atoms with E-state index in [0.717, 1.165) is 22.3 Å². The lowest BCUT2D eigenvalue weighted by Gasteiger charge is -2.22. The molecular formula is C14H16N6OS. The smallest absolute Gasteiger partial charge is 0.209 e. The molecule has 1 aromatic heterocycles. The molecule has 1 aromatic carbocycles. The lowest BCUT2D eigenvalue weighted by atomic mass is 10.2. The van der Waals surface area contributed by atoms with Gasteiger partial charge in [-0.05, 0) is 23.3 Å². The van der Waals surface area contributed by atoms with E-state index in [1.807, 2.05) is 35.0 Å². The second-order valence-corrected chi connectivity index (χ2v) is 6.33. The molecule has 7 nitrogen and oxygen atoms in total. The van der Waals surface area contributed by atoms with Gasteiger partial charge in [0.15, 0.2) is 5.84 Å². The Bertz CT molecular complexity index is 669. The summed E-state index contributed by atoms with van der Waals surface area (Å²) in [6.45, 7) is 0.634. The topological polar surface area (TPSA) is 77.2 Å². The third-order valence-corrected chi connectivity index (χ3v) is 4.64. The van der Waals surface area contributed by atoms with Crippen LogP contribution in [0.2, 0.25) is 0 Å². The Morgan fingerprint density at radius 3 is 2.86 bits per heavy atom. The van der Waals surface area contributed by atoms with Gasteiger partial charge in [-0.25, -0.2) is 10.2 Å². The van der Waals surface area contributed by atoms with Crippen LogP contribution in [-0.4, -0.2) is 44.4 Å². The first-order chi connectivity index (χ1) is 10.9. The summed E-state index contributed by atoms with van der Waals surface area (Å²) in [6.07, 6.45) is 2.36. The van der Waals surface area contributed by atoms with Crippen molar-refractivity contribution in [2.45, 2.75) is 30.1 Å². The van der Waals surface area contributed by atoms with E-state index in [9.17, 15) is 0 Å². The molecule has 0 saturated heterocycles. The zero-order chi connectivity index (χ0) is 14.8. The number of hydrogen-bond acceptors (Lipinski definition) is 7. The number of rotatable bonds is 5. The molecule has 2 heterocycles. The standard InChI is InChI=1S/C14H16N6OS/c1-2-4-10(5-3-1)13-15-8-12(21-17-13)9-22-14-16-18-19-20(14)11-6-7-11/h1-5,11-12H,6-9H2,(H,15,17). The van der Waals surface area contributed by atoms with Crippen molar-refractivity contribution in [3.63, 3.8) is 0 Å². The third-order valence-electron chi connectivity index (χ3n) is 3.58. The largest absolute Gasteiger partial charge is 0.269 e. The van der Waals surface area contributed by atoms with E-state index in [-0.39, 0.29) is 6.10 Å². The van der Waals surface area contributed by atoms with Gasteiger partial charge in [-0.2, -0.15) is 0 Å². The normalized spacial score (nSPS) is 21.3. The van der Waals surface area contributed by atoms with E-state index in [1.165, 1.54) is 12.8 Å². The number of aliphatic imine (C=N–C) groups is 1. The Balaban J connectivity index is 1.34. The Morgan fingerprint density at radius 1 is 1.27 bits per heavy atom. The molecule has 114 valence electrons. The van der Waals surface area contributed by atoms with Crippen LogP contribution in [0.15, 0.2) is 40.5 Å². The Kier molecular flexibility index (Phi) is 3.77. The molecule has 4 rings (SSSR count). The van der Waals surface area contributed by atoms with Crippen LogP contribution in [0.4, 0.5) is 0 Å². The van der Waals surface area contributed by atoms with Crippen molar-refractivity contribution in [1.29, 1.82) is 0 Å². The fraction of sp³-hybridized carbons (Fsp3) is 0.429. The number of aromatic nitrogens is 4. The van der Waals surface area contributed by atoms with Crippen molar-refractivity contribution in [1.82, 2.24) is 25.7 Å². The molecule has 0 amide bonds. The number of thioether (sulfide) groups is 1. The summed E-state index contributed by atoms with van der Waals surface area (Å²) >= 11 is 1.62. The first-order valence-electron chi connectivity index (χ1n) is 7.32. The maximum Gasteiger partial charge on any atom is 0.209 e. The number of hydrogen-bond donors (Lipinski definition) is 1. The molecule has 0 spiro atoms. The van der Waals surface area contributed by atoms with Gasteiger partial charge in [0.2, 0.25) is 5.16 Å². The van der Waals surface area contributed by atoms with Crippen LogP contribution in [0.1, 0.15) is 24.4 Å². The van der Waals surface area contributed by atoms with Gasteiger partial charge in [0.25, 0.3) is 0 Å². The Morgan fingerprint density at radius 2 is 2.14 bits per heavy atom. The van der Waals surface area contributed by atoms with E-state index in [4.69, 9.17) is 4.84 Å². The van der Waals surface area contributed by atoms with Gasteiger partial charge >= 0.3 is 0 Å². The fourth-order valence-electron chi connectivity index (χ4n) is 2.23. The number of benzene rings is 1. The van der Waals surface area contributed by atoms with Crippen LogP contribution >= 0.6 is 11.8 Å². The molecule has 0 radical (unpaired) electrons. The molecule has 1 fully saturated rings. The van der Waals surface area contributed by atoms with Crippen molar-refractivity contribution >= 4 is 17.6 Å². The van der Waals surface area contributed by atoms with E-state index < -0.39 is 0 Å². The average molecular weight is 316 g/mol. The van der Waals surface area contributed by atoms with Gasteiger partial charge in [0, 0.05) is 11.3 Å². The highest BCUT2D eigenvalue weighted by Crippen LogP contribution is 2.36. The van der Waals surface area contributed by atoms with Crippen LogP contribution in [0.25, 0.3) is 0 Å². The molecular weight excluding hydrogens is 300 g/mol. The molecule has 0 bridgehead atoms. The summed E-state index contributed by atoms with van der Waals surface area (Å²) in [5, 5.41) is 12.7. The molecule has 1 atom stereocenters. The lowest BCUT2D eigenvalue weighted by molar-refractivity contribution is 0.0212. The van der Waals surface area contributed by atoms with Crippen molar-refractivity contribution < 1.29 is 4.84 Å². The molecule has 1 N–H and O–H groups in total.